The molecule has 226 valence electrons. The van der Waals surface area contributed by atoms with Gasteiger partial charge in [0, 0.05) is 43.6 Å². The summed E-state index contributed by atoms with van der Waals surface area (Å²) >= 11 is 1.48. The van der Waals surface area contributed by atoms with E-state index in [4.69, 9.17) is 4.42 Å². The number of hydrogen-bond donors (Lipinski definition) is 1. The number of benzene rings is 1. The van der Waals surface area contributed by atoms with Crippen LogP contribution < -0.4 is 5.32 Å². The molecule has 2 unspecified atom stereocenters. The predicted octanol–water partition coefficient (Wildman–Crippen LogP) is 4.18. The van der Waals surface area contributed by atoms with Crippen LogP contribution in [0.15, 0.2) is 57.8 Å². The van der Waals surface area contributed by atoms with E-state index in [2.05, 4.69) is 30.7 Å². The number of nitrogens with zero attached hydrogens (tertiary/aromatic N) is 8. The number of aromatic nitrogens is 6. The average Bonchev–Trinajstić information content (AvgIpc) is 3.48. The third-order valence-corrected chi connectivity index (χ3v) is 8.32. The number of thiophene rings is 1. The van der Waals surface area contributed by atoms with Crippen LogP contribution in [0.3, 0.4) is 0 Å². The third-order valence-electron chi connectivity index (χ3n) is 7.62. The first-order valence-corrected chi connectivity index (χ1v) is 14.7. The number of oxazole rings is 1. The molecule has 1 aliphatic carbocycles. The highest BCUT2D eigenvalue weighted by atomic mass is 32.1. The maximum Gasteiger partial charge on any atom is 0.350 e. The molecule has 0 radical (unpaired) electrons. The van der Waals surface area contributed by atoms with E-state index in [1.807, 2.05) is 21.7 Å². The van der Waals surface area contributed by atoms with Gasteiger partial charge >= 0.3 is 6.55 Å². The number of piperazine rings is 1. The van der Waals surface area contributed by atoms with Gasteiger partial charge < -0.3 is 14.6 Å². The Labute approximate surface area is 251 Å². The van der Waals surface area contributed by atoms with E-state index in [0.717, 1.165) is 5.56 Å². The molecule has 3 atom stereocenters. The zero-order valence-corrected chi connectivity index (χ0v) is 23.7. The molecule has 1 N–H and O–H groups in total. The van der Waals surface area contributed by atoms with Crippen molar-refractivity contribution in [1.29, 1.82) is 0 Å². The smallest absolute Gasteiger partial charge is 0.350 e. The van der Waals surface area contributed by atoms with Gasteiger partial charge in [-0.2, -0.15) is 20.1 Å². The summed E-state index contributed by atoms with van der Waals surface area (Å²) in [5, 5.41) is 17.8. The Morgan fingerprint density at radius 2 is 1.91 bits per heavy atom. The number of amides is 2. The number of carbonyl (C=O) groups excluding carboxylic acids is 2. The lowest BCUT2D eigenvalue weighted by Gasteiger charge is -2.38. The number of hydrogen-bond acceptors (Lipinski definition) is 10. The van der Waals surface area contributed by atoms with Gasteiger partial charge in [0.2, 0.25) is 11.8 Å². The molecular formula is C28H24F3N9O3S. The highest BCUT2D eigenvalue weighted by Crippen LogP contribution is 2.35. The Hall–Kier alpha value is -4.70. The number of alkyl halides is 3. The number of fused-ring (bicyclic) bond motifs is 1. The Kier molecular flexibility index (Phi) is 7.29. The number of anilines is 1. The molecule has 1 aliphatic heterocycles. The van der Waals surface area contributed by atoms with Crippen LogP contribution in [-0.2, 0) is 4.79 Å². The summed E-state index contributed by atoms with van der Waals surface area (Å²) in [6, 6.07) is 9.68. The zero-order valence-electron chi connectivity index (χ0n) is 22.9. The lowest BCUT2D eigenvalue weighted by atomic mass is 10.1. The van der Waals surface area contributed by atoms with Gasteiger partial charge in [0.05, 0.1) is 5.92 Å². The van der Waals surface area contributed by atoms with Crippen LogP contribution in [0.1, 0.15) is 40.9 Å². The largest absolute Gasteiger partial charge is 0.436 e. The summed E-state index contributed by atoms with van der Waals surface area (Å²) in [6.07, 6.45) is 0.655. The molecule has 16 heteroatoms. The SMILES string of the molecule is O=C(Nc1ccc2oc(-c3ccnc(C(=O)N4CCN([C@H](c5ccsc5)c5nnn(C(F)F)n5)CC4)c3)nc2c1)C1CC1F. The summed E-state index contributed by atoms with van der Waals surface area (Å²) in [6.45, 7) is -1.25. The second-order valence-corrected chi connectivity index (χ2v) is 11.3. The zero-order chi connectivity index (χ0) is 30.4. The Bertz CT molecular complexity index is 1820. The molecule has 12 nitrogen and oxygen atoms in total. The molecule has 4 aromatic heterocycles. The molecule has 7 rings (SSSR count). The van der Waals surface area contributed by atoms with Gasteiger partial charge in [-0.25, -0.2) is 9.37 Å². The maximum atomic E-state index is 13.4. The van der Waals surface area contributed by atoms with E-state index in [-0.39, 0.29) is 40.4 Å². The first kappa shape index (κ1) is 28.1. The Morgan fingerprint density at radius 1 is 1.09 bits per heavy atom. The van der Waals surface area contributed by atoms with Gasteiger partial charge in [0.25, 0.3) is 5.91 Å². The Balaban J connectivity index is 1.04. The van der Waals surface area contributed by atoms with Crippen molar-refractivity contribution in [2.24, 2.45) is 5.92 Å². The molecule has 0 spiro atoms. The molecule has 44 heavy (non-hydrogen) atoms. The predicted molar refractivity (Wildman–Crippen MR) is 152 cm³/mol. The van der Waals surface area contributed by atoms with Crippen molar-refractivity contribution >= 4 is 39.9 Å². The number of carbonyl (C=O) groups is 2. The van der Waals surface area contributed by atoms with Gasteiger partial charge in [0.15, 0.2) is 11.4 Å². The van der Waals surface area contributed by atoms with Gasteiger partial charge in [0.1, 0.15) is 23.4 Å². The number of pyridine rings is 1. The van der Waals surface area contributed by atoms with Crippen LogP contribution in [-0.4, -0.2) is 84.1 Å². The fraction of sp³-hybridized carbons (Fsp3) is 0.321. The van der Waals surface area contributed by atoms with Gasteiger partial charge in [-0.05, 0) is 64.4 Å². The number of tetrazole rings is 1. The summed E-state index contributed by atoms with van der Waals surface area (Å²) in [7, 11) is 0. The highest BCUT2D eigenvalue weighted by molar-refractivity contribution is 7.08. The van der Waals surface area contributed by atoms with Crippen LogP contribution >= 0.6 is 11.3 Å². The molecule has 1 saturated heterocycles. The van der Waals surface area contributed by atoms with Crippen LogP contribution in [0, 0.1) is 5.92 Å². The minimum atomic E-state index is -2.89. The first-order chi connectivity index (χ1) is 21.3. The quantitative estimate of drug-likeness (QED) is 0.270. The van der Waals surface area contributed by atoms with Crippen LogP contribution in [0.4, 0.5) is 18.9 Å². The average molecular weight is 624 g/mol. The van der Waals surface area contributed by atoms with Crippen molar-refractivity contribution in [3.8, 4) is 11.5 Å². The van der Waals surface area contributed by atoms with Crippen molar-refractivity contribution in [3.63, 3.8) is 0 Å². The third kappa shape index (κ3) is 5.53. The fourth-order valence-electron chi connectivity index (χ4n) is 5.21. The highest BCUT2D eigenvalue weighted by Gasteiger charge is 2.43. The number of halogens is 3. The summed E-state index contributed by atoms with van der Waals surface area (Å²) in [4.78, 5) is 38.4. The second-order valence-electron chi connectivity index (χ2n) is 10.5. The monoisotopic (exact) mass is 623 g/mol. The molecule has 2 fully saturated rings. The Morgan fingerprint density at radius 3 is 2.61 bits per heavy atom. The van der Waals surface area contributed by atoms with Crippen molar-refractivity contribution < 1.29 is 27.2 Å². The van der Waals surface area contributed by atoms with Gasteiger partial charge in [-0.3, -0.25) is 19.5 Å². The van der Waals surface area contributed by atoms with Crippen LogP contribution in [0.5, 0.6) is 0 Å². The van der Waals surface area contributed by atoms with Crippen molar-refractivity contribution in [3.05, 3.63) is 70.4 Å². The molecule has 2 amide bonds. The number of nitrogens with one attached hydrogen (secondary N) is 1. The van der Waals surface area contributed by atoms with Crippen LogP contribution in [0.2, 0.25) is 0 Å². The fourth-order valence-corrected chi connectivity index (χ4v) is 5.89. The van der Waals surface area contributed by atoms with Gasteiger partial charge in [-0.15, -0.1) is 10.2 Å². The van der Waals surface area contributed by atoms with Gasteiger partial charge in [-0.1, -0.05) is 4.80 Å². The number of rotatable bonds is 8. The molecule has 5 heterocycles. The van der Waals surface area contributed by atoms with E-state index < -0.39 is 24.7 Å². The first-order valence-electron chi connectivity index (χ1n) is 13.8. The molecule has 5 aromatic rings. The van der Waals surface area contributed by atoms with E-state index >= 15 is 0 Å². The van der Waals surface area contributed by atoms with E-state index in [1.165, 1.54) is 17.5 Å². The van der Waals surface area contributed by atoms with Crippen molar-refractivity contribution in [2.75, 3.05) is 31.5 Å². The maximum absolute atomic E-state index is 13.4. The second kappa shape index (κ2) is 11.4. The summed E-state index contributed by atoms with van der Waals surface area (Å²) < 4.78 is 45.4. The minimum Gasteiger partial charge on any atom is -0.436 e. The molecule has 2 aliphatic rings. The molecule has 0 bridgehead atoms. The molecule has 1 aromatic carbocycles. The topological polar surface area (TPSA) is 135 Å². The van der Waals surface area contributed by atoms with Crippen LogP contribution in [0.25, 0.3) is 22.6 Å². The van der Waals surface area contributed by atoms with Crippen molar-refractivity contribution in [1.82, 2.24) is 40.0 Å². The standard InChI is InChI=1S/C28H24F3N9O3S/c29-19-13-18(19)25(41)33-17-1-2-22-20(12-17)34-26(43-22)15-3-5-32-21(11-15)27(42)39-8-6-38(7-9-39)23(16-4-10-44-14-16)24-35-37-40(36-24)28(30)31/h1-5,10-12,14,18-19,23,28H,6-9,13H2,(H,33,41)/t18?,19?,23-/m1/s1. The van der Waals surface area contributed by atoms with Crippen molar-refractivity contribution in [2.45, 2.75) is 25.2 Å². The molecular weight excluding hydrogens is 599 g/mol. The molecule has 1 saturated carbocycles. The minimum absolute atomic E-state index is 0.169. The summed E-state index contributed by atoms with van der Waals surface area (Å²) in [5.74, 6) is -0.797. The lowest BCUT2D eigenvalue weighted by Crippen LogP contribution is -2.50. The van der Waals surface area contributed by atoms with E-state index in [9.17, 15) is 22.8 Å². The van der Waals surface area contributed by atoms with E-state index in [1.54, 1.807) is 35.2 Å². The van der Waals surface area contributed by atoms with E-state index in [0.29, 0.717) is 48.5 Å². The lowest BCUT2D eigenvalue weighted by molar-refractivity contribution is -0.117. The normalized spacial score (nSPS) is 19.4. The summed E-state index contributed by atoms with van der Waals surface area (Å²) in [5.41, 5.74) is 3.09.